The van der Waals surface area contributed by atoms with E-state index in [1.165, 1.54) is 0 Å². The number of amides is 1. The van der Waals surface area contributed by atoms with Gasteiger partial charge in [0.25, 0.3) is 5.91 Å². The van der Waals surface area contributed by atoms with Crippen LogP contribution in [0.3, 0.4) is 0 Å². The Hall–Kier alpha value is -1.07. The smallest absolute Gasteiger partial charge is 0.257 e. The largest absolute Gasteiger partial charge is 0.484 e. The molecule has 5 heteroatoms. The number of ether oxygens (including phenoxy) is 1. The number of benzene rings is 1. The van der Waals surface area contributed by atoms with Gasteiger partial charge in [0.1, 0.15) is 5.75 Å². The zero-order valence-corrected chi connectivity index (χ0v) is 12.8. The highest BCUT2D eigenvalue weighted by molar-refractivity contribution is 9.10. The second-order valence-electron chi connectivity index (χ2n) is 4.69. The minimum absolute atomic E-state index is 0.0145. The molecule has 0 saturated carbocycles. The van der Waals surface area contributed by atoms with Gasteiger partial charge in [-0.05, 0) is 36.6 Å². The summed E-state index contributed by atoms with van der Waals surface area (Å²) in [4.78, 5) is 11.5. The summed E-state index contributed by atoms with van der Waals surface area (Å²) in [6.07, 6.45) is 0.175. The average Bonchev–Trinajstić information content (AvgIpc) is 2.37. The Kier molecular flexibility index (Phi) is 6.87. The van der Waals surface area contributed by atoms with Crippen LogP contribution in [0.5, 0.6) is 5.75 Å². The highest BCUT2D eigenvalue weighted by Crippen LogP contribution is 2.15. The van der Waals surface area contributed by atoms with Crippen molar-refractivity contribution in [3.8, 4) is 5.75 Å². The van der Waals surface area contributed by atoms with E-state index in [4.69, 9.17) is 4.74 Å². The van der Waals surface area contributed by atoms with Gasteiger partial charge >= 0.3 is 0 Å². The second kappa shape index (κ2) is 8.17. The van der Waals surface area contributed by atoms with Gasteiger partial charge in [-0.1, -0.05) is 29.8 Å². The Morgan fingerprint density at radius 2 is 2.00 bits per heavy atom. The summed E-state index contributed by atoms with van der Waals surface area (Å²) in [5.41, 5.74) is 0. The van der Waals surface area contributed by atoms with Crippen molar-refractivity contribution >= 4 is 21.8 Å². The van der Waals surface area contributed by atoms with Crippen LogP contribution in [0.15, 0.2) is 28.7 Å². The zero-order chi connectivity index (χ0) is 14.3. The maximum absolute atomic E-state index is 11.5. The van der Waals surface area contributed by atoms with Crippen molar-refractivity contribution < 1.29 is 14.6 Å². The highest BCUT2D eigenvalue weighted by atomic mass is 79.9. The Labute approximate surface area is 122 Å². The molecule has 0 radical (unpaired) electrons. The Balaban J connectivity index is 2.19. The molecule has 0 heterocycles. The molecule has 4 nitrogen and oxygen atoms in total. The van der Waals surface area contributed by atoms with E-state index in [0.29, 0.717) is 18.7 Å². The van der Waals surface area contributed by atoms with Gasteiger partial charge in [0.05, 0.1) is 6.10 Å². The molecule has 0 aromatic heterocycles. The standard InChI is InChI=1S/C14H20BrNO3/c1-10(2)13(17)7-8-16-14(18)9-19-12-5-3-11(15)4-6-12/h3-6,10,13,17H,7-9H2,1-2H3,(H,16,18). The second-order valence-corrected chi connectivity index (χ2v) is 5.61. The fraction of sp³-hybridized carbons (Fsp3) is 0.500. The van der Waals surface area contributed by atoms with E-state index in [9.17, 15) is 9.90 Å². The minimum atomic E-state index is -0.382. The molecule has 0 spiro atoms. The summed E-state index contributed by atoms with van der Waals surface area (Å²) in [5, 5.41) is 12.3. The Morgan fingerprint density at radius 3 is 2.58 bits per heavy atom. The first kappa shape index (κ1) is 16.0. The molecule has 0 aliphatic carbocycles. The number of hydrogen-bond acceptors (Lipinski definition) is 3. The van der Waals surface area contributed by atoms with Crippen LogP contribution in [0.1, 0.15) is 20.3 Å². The monoisotopic (exact) mass is 329 g/mol. The van der Waals surface area contributed by atoms with Crippen molar-refractivity contribution in [2.45, 2.75) is 26.4 Å². The van der Waals surface area contributed by atoms with E-state index in [-0.39, 0.29) is 24.5 Å². The lowest BCUT2D eigenvalue weighted by molar-refractivity contribution is -0.123. The predicted molar refractivity (Wildman–Crippen MR) is 78.1 cm³/mol. The fourth-order valence-electron chi connectivity index (χ4n) is 1.42. The summed E-state index contributed by atoms with van der Waals surface area (Å²) in [5.74, 6) is 0.676. The molecule has 2 N–H and O–H groups in total. The van der Waals surface area contributed by atoms with E-state index >= 15 is 0 Å². The van der Waals surface area contributed by atoms with Crippen LogP contribution < -0.4 is 10.1 Å². The lowest BCUT2D eigenvalue weighted by Gasteiger charge is -2.14. The van der Waals surface area contributed by atoms with Crippen molar-refractivity contribution in [2.75, 3.05) is 13.2 Å². The summed E-state index contributed by atoms with van der Waals surface area (Å²) >= 11 is 3.33. The van der Waals surface area contributed by atoms with Crippen LogP contribution in [0, 0.1) is 5.92 Å². The van der Waals surface area contributed by atoms with E-state index in [1.54, 1.807) is 12.1 Å². The van der Waals surface area contributed by atoms with Crippen molar-refractivity contribution in [3.63, 3.8) is 0 Å². The topological polar surface area (TPSA) is 58.6 Å². The first-order chi connectivity index (χ1) is 8.99. The quantitative estimate of drug-likeness (QED) is 0.807. The minimum Gasteiger partial charge on any atom is -0.484 e. The van der Waals surface area contributed by atoms with Crippen LogP contribution in [0.4, 0.5) is 0 Å². The number of aliphatic hydroxyl groups is 1. The number of carbonyl (C=O) groups is 1. The van der Waals surface area contributed by atoms with Crippen molar-refractivity contribution in [1.29, 1.82) is 0 Å². The number of carbonyl (C=O) groups excluding carboxylic acids is 1. The number of hydrogen-bond donors (Lipinski definition) is 2. The maximum Gasteiger partial charge on any atom is 0.257 e. The van der Waals surface area contributed by atoms with Crippen LogP contribution in [-0.2, 0) is 4.79 Å². The van der Waals surface area contributed by atoms with E-state index in [1.807, 2.05) is 26.0 Å². The number of halogens is 1. The molecule has 0 fully saturated rings. The highest BCUT2D eigenvalue weighted by Gasteiger charge is 2.09. The molecule has 1 aromatic rings. The van der Waals surface area contributed by atoms with Gasteiger partial charge in [-0.2, -0.15) is 0 Å². The Bertz CT molecular complexity index is 392. The molecule has 106 valence electrons. The van der Waals surface area contributed by atoms with E-state index < -0.39 is 0 Å². The van der Waals surface area contributed by atoms with Gasteiger partial charge in [0.2, 0.25) is 0 Å². The molecule has 0 aliphatic heterocycles. The zero-order valence-electron chi connectivity index (χ0n) is 11.2. The summed E-state index contributed by atoms with van der Waals surface area (Å²) in [6.45, 7) is 4.34. The number of aliphatic hydroxyl groups excluding tert-OH is 1. The Morgan fingerprint density at radius 1 is 1.37 bits per heavy atom. The SMILES string of the molecule is CC(C)C(O)CCNC(=O)COc1ccc(Br)cc1. The molecule has 1 aromatic carbocycles. The van der Waals surface area contributed by atoms with Gasteiger partial charge in [-0.3, -0.25) is 4.79 Å². The van der Waals surface area contributed by atoms with Crippen LogP contribution in [-0.4, -0.2) is 30.3 Å². The molecule has 1 atom stereocenters. The van der Waals surface area contributed by atoms with Gasteiger partial charge in [0, 0.05) is 11.0 Å². The first-order valence-corrected chi connectivity index (χ1v) is 7.11. The number of rotatable bonds is 7. The normalized spacial score (nSPS) is 12.3. The molecule has 0 aliphatic rings. The third-order valence-electron chi connectivity index (χ3n) is 2.72. The third-order valence-corrected chi connectivity index (χ3v) is 3.24. The molecule has 1 amide bonds. The molecule has 0 bridgehead atoms. The van der Waals surface area contributed by atoms with Gasteiger partial charge in [-0.25, -0.2) is 0 Å². The van der Waals surface area contributed by atoms with E-state index in [2.05, 4.69) is 21.2 Å². The molecule has 1 unspecified atom stereocenters. The van der Waals surface area contributed by atoms with Crippen molar-refractivity contribution in [2.24, 2.45) is 5.92 Å². The third kappa shape index (κ3) is 6.59. The lowest BCUT2D eigenvalue weighted by atomic mass is 10.0. The van der Waals surface area contributed by atoms with Crippen LogP contribution in [0.2, 0.25) is 0 Å². The average molecular weight is 330 g/mol. The molecular formula is C14H20BrNO3. The van der Waals surface area contributed by atoms with E-state index in [0.717, 1.165) is 4.47 Å². The predicted octanol–water partition coefficient (Wildman–Crippen LogP) is 2.35. The summed E-state index contributed by atoms with van der Waals surface area (Å²) in [6, 6.07) is 7.29. The fourth-order valence-corrected chi connectivity index (χ4v) is 1.69. The lowest BCUT2D eigenvalue weighted by Crippen LogP contribution is -2.32. The van der Waals surface area contributed by atoms with Crippen molar-refractivity contribution in [3.05, 3.63) is 28.7 Å². The van der Waals surface area contributed by atoms with Gasteiger partial charge in [-0.15, -0.1) is 0 Å². The van der Waals surface area contributed by atoms with Gasteiger partial charge in [0.15, 0.2) is 6.61 Å². The summed E-state index contributed by atoms with van der Waals surface area (Å²) in [7, 11) is 0. The molecule has 0 saturated heterocycles. The van der Waals surface area contributed by atoms with Crippen LogP contribution >= 0.6 is 15.9 Å². The summed E-state index contributed by atoms with van der Waals surface area (Å²) < 4.78 is 6.30. The van der Waals surface area contributed by atoms with Gasteiger partial charge < -0.3 is 15.2 Å². The molecule has 1 rings (SSSR count). The maximum atomic E-state index is 11.5. The number of nitrogens with one attached hydrogen (secondary N) is 1. The van der Waals surface area contributed by atoms with Crippen LogP contribution in [0.25, 0.3) is 0 Å². The first-order valence-electron chi connectivity index (χ1n) is 6.32. The molecular weight excluding hydrogens is 310 g/mol. The van der Waals surface area contributed by atoms with Crippen molar-refractivity contribution in [1.82, 2.24) is 5.32 Å². The molecule has 19 heavy (non-hydrogen) atoms.